The molecular weight excluding hydrogens is 388 g/mol. The second-order valence-electron chi connectivity index (χ2n) is 6.97. The number of thiophene rings is 1. The minimum absolute atomic E-state index is 0.0672. The van der Waals surface area contributed by atoms with E-state index in [0.29, 0.717) is 0 Å². The predicted molar refractivity (Wildman–Crippen MR) is 126 cm³/mol. The number of nitrogens with one attached hydrogen (secondary N) is 1. The zero-order valence-corrected chi connectivity index (χ0v) is 16.9. The van der Waals surface area contributed by atoms with Crippen molar-refractivity contribution >= 4 is 34.4 Å². The van der Waals surface area contributed by atoms with Crippen LogP contribution in [0.3, 0.4) is 0 Å². The largest absolute Gasteiger partial charge is 0.321 e. The number of benzene rings is 2. The molecule has 0 bridgehead atoms. The molecule has 0 aliphatic heterocycles. The van der Waals surface area contributed by atoms with Crippen LogP contribution in [0.4, 0.5) is 0 Å². The first-order valence-electron chi connectivity index (χ1n) is 9.67. The van der Waals surface area contributed by atoms with Gasteiger partial charge in [0.2, 0.25) is 0 Å². The number of pyridine rings is 2. The van der Waals surface area contributed by atoms with Crippen LogP contribution in [0.25, 0.3) is 44.6 Å². The molecule has 3 nitrogen and oxygen atoms in total. The highest BCUT2D eigenvalue weighted by molar-refractivity contribution is 7.13. The maximum Gasteiger partial charge on any atom is 0.257 e. The van der Waals surface area contributed by atoms with Gasteiger partial charge in [0, 0.05) is 33.7 Å². The number of fused-ring (bicyclic) bond motifs is 1. The molecular formula is C26H18N2OS. The molecule has 0 radical (unpaired) electrons. The summed E-state index contributed by atoms with van der Waals surface area (Å²) >= 11 is 1.58. The molecule has 3 heterocycles. The SMILES string of the molecule is O=c1[nH]c2ccccc2c(-c2cccc(/C=C/c3cccnc3)c2)c1-c1cccs1. The number of hydrogen-bond acceptors (Lipinski definition) is 3. The first-order valence-corrected chi connectivity index (χ1v) is 10.5. The van der Waals surface area contributed by atoms with Crippen molar-refractivity contribution in [2.45, 2.75) is 0 Å². The highest BCUT2D eigenvalue weighted by atomic mass is 32.1. The maximum atomic E-state index is 13.1. The van der Waals surface area contributed by atoms with E-state index in [1.165, 1.54) is 0 Å². The van der Waals surface area contributed by atoms with Crippen LogP contribution in [-0.2, 0) is 0 Å². The average Bonchev–Trinajstić information content (AvgIpc) is 3.32. The molecule has 30 heavy (non-hydrogen) atoms. The molecule has 5 aromatic rings. The molecule has 5 rings (SSSR count). The second-order valence-corrected chi connectivity index (χ2v) is 7.92. The van der Waals surface area contributed by atoms with Gasteiger partial charge in [0.1, 0.15) is 0 Å². The molecule has 3 aromatic heterocycles. The molecule has 0 saturated heterocycles. The second kappa shape index (κ2) is 7.93. The first-order chi connectivity index (χ1) is 14.8. The van der Waals surface area contributed by atoms with Crippen LogP contribution >= 0.6 is 11.3 Å². The lowest BCUT2D eigenvalue weighted by Crippen LogP contribution is -2.10. The van der Waals surface area contributed by atoms with Gasteiger partial charge in [-0.15, -0.1) is 11.3 Å². The summed E-state index contributed by atoms with van der Waals surface area (Å²) in [5.41, 5.74) is 5.60. The summed E-state index contributed by atoms with van der Waals surface area (Å²) in [7, 11) is 0. The molecule has 0 unspecified atom stereocenters. The summed E-state index contributed by atoms with van der Waals surface area (Å²) in [6.45, 7) is 0. The third-order valence-corrected chi connectivity index (χ3v) is 5.90. The third kappa shape index (κ3) is 3.49. The molecule has 0 fully saturated rings. The Labute approximate surface area is 178 Å². The standard InChI is InChI=1S/C26H18N2OS/c29-26-25(23-11-5-15-30-23)24(21-9-1-2-10-22(21)28-26)20-8-3-6-18(16-20)12-13-19-7-4-14-27-17-19/h1-17H,(H,28,29)/b13-12+. The van der Waals surface area contributed by atoms with E-state index in [0.717, 1.165) is 43.6 Å². The number of nitrogens with zero attached hydrogens (tertiary/aromatic N) is 1. The fourth-order valence-corrected chi connectivity index (χ4v) is 4.44. The zero-order chi connectivity index (χ0) is 20.3. The monoisotopic (exact) mass is 406 g/mol. The predicted octanol–water partition coefficient (Wildman–Crippen LogP) is 6.49. The van der Waals surface area contributed by atoms with Gasteiger partial charge in [-0.05, 0) is 46.3 Å². The molecule has 1 N–H and O–H groups in total. The smallest absolute Gasteiger partial charge is 0.257 e. The molecule has 0 spiro atoms. The molecule has 0 atom stereocenters. The van der Waals surface area contributed by atoms with Gasteiger partial charge in [-0.1, -0.05) is 60.7 Å². The van der Waals surface area contributed by atoms with Crippen LogP contribution in [0.1, 0.15) is 11.1 Å². The summed E-state index contributed by atoms with van der Waals surface area (Å²) in [6.07, 6.45) is 7.71. The zero-order valence-electron chi connectivity index (χ0n) is 16.1. The Bertz CT molecular complexity index is 1400. The van der Waals surface area contributed by atoms with Crippen LogP contribution in [0.15, 0.2) is 95.4 Å². The number of aromatic nitrogens is 2. The van der Waals surface area contributed by atoms with Crippen LogP contribution in [0.2, 0.25) is 0 Å². The Kier molecular flexibility index (Phi) is 4.83. The van der Waals surface area contributed by atoms with Gasteiger partial charge in [0.15, 0.2) is 0 Å². The fraction of sp³-hybridized carbons (Fsp3) is 0. The van der Waals surface area contributed by atoms with Gasteiger partial charge < -0.3 is 4.98 Å². The van der Waals surface area contributed by atoms with E-state index >= 15 is 0 Å². The van der Waals surface area contributed by atoms with E-state index in [-0.39, 0.29) is 5.56 Å². The summed E-state index contributed by atoms with van der Waals surface area (Å²) in [5.74, 6) is 0. The normalized spacial score (nSPS) is 11.3. The summed E-state index contributed by atoms with van der Waals surface area (Å²) in [6, 6.07) is 24.2. The fourth-order valence-electron chi connectivity index (χ4n) is 3.66. The van der Waals surface area contributed by atoms with E-state index in [2.05, 4.69) is 40.3 Å². The summed E-state index contributed by atoms with van der Waals surface area (Å²) in [5, 5.41) is 3.04. The lowest BCUT2D eigenvalue weighted by Gasteiger charge is -2.12. The Morgan fingerprint density at radius 3 is 2.53 bits per heavy atom. The van der Waals surface area contributed by atoms with Crippen molar-refractivity contribution in [3.8, 4) is 21.6 Å². The molecule has 0 amide bonds. The van der Waals surface area contributed by atoms with Crippen LogP contribution in [-0.4, -0.2) is 9.97 Å². The molecule has 0 aliphatic rings. The van der Waals surface area contributed by atoms with E-state index in [1.807, 2.05) is 66.2 Å². The van der Waals surface area contributed by atoms with E-state index in [4.69, 9.17) is 0 Å². The Morgan fingerprint density at radius 2 is 1.70 bits per heavy atom. The Morgan fingerprint density at radius 1 is 0.833 bits per heavy atom. The van der Waals surface area contributed by atoms with Crippen molar-refractivity contribution < 1.29 is 0 Å². The van der Waals surface area contributed by atoms with Crippen LogP contribution in [0, 0.1) is 0 Å². The highest BCUT2D eigenvalue weighted by Gasteiger charge is 2.17. The number of para-hydroxylation sites is 1. The summed E-state index contributed by atoms with van der Waals surface area (Å²) < 4.78 is 0. The Balaban J connectivity index is 1.71. The van der Waals surface area contributed by atoms with Crippen LogP contribution < -0.4 is 5.56 Å². The lowest BCUT2D eigenvalue weighted by atomic mass is 9.94. The first kappa shape index (κ1) is 18.3. The van der Waals surface area contributed by atoms with Crippen molar-refractivity contribution in [1.29, 1.82) is 0 Å². The number of H-pyrrole nitrogens is 1. The minimum Gasteiger partial charge on any atom is -0.321 e. The van der Waals surface area contributed by atoms with Gasteiger partial charge in [0.25, 0.3) is 5.56 Å². The Hall–Kier alpha value is -3.76. The topological polar surface area (TPSA) is 45.8 Å². The van der Waals surface area contributed by atoms with Gasteiger partial charge in [-0.2, -0.15) is 0 Å². The lowest BCUT2D eigenvalue weighted by molar-refractivity contribution is 1.31. The minimum atomic E-state index is -0.0672. The van der Waals surface area contributed by atoms with E-state index < -0.39 is 0 Å². The van der Waals surface area contributed by atoms with Crippen molar-refractivity contribution in [1.82, 2.24) is 9.97 Å². The van der Waals surface area contributed by atoms with Crippen molar-refractivity contribution in [2.75, 3.05) is 0 Å². The number of rotatable bonds is 4. The quantitative estimate of drug-likeness (QED) is 0.371. The van der Waals surface area contributed by atoms with Gasteiger partial charge in [0.05, 0.1) is 5.56 Å². The maximum absolute atomic E-state index is 13.1. The van der Waals surface area contributed by atoms with Gasteiger partial charge in [-0.25, -0.2) is 0 Å². The van der Waals surface area contributed by atoms with Gasteiger partial charge >= 0.3 is 0 Å². The van der Waals surface area contributed by atoms with Crippen LogP contribution in [0.5, 0.6) is 0 Å². The molecule has 2 aromatic carbocycles. The highest BCUT2D eigenvalue weighted by Crippen LogP contribution is 2.37. The van der Waals surface area contributed by atoms with Crippen molar-refractivity contribution in [3.63, 3.8) is 0 Å². The molecule has 144 valence electrons. The summed E-state index contributed by atoms with van der Waals surface area (Å²) in [4.78, 5) is 21.2. The molecule has 0 saturated carbocycles. The number of hydrogen-bond donors (Lipinski definition) is 1. The number of aromatic amines is 1. The third-order valence-electron chi connectivity index (χ3n) is 5.02. The van der Waals surface area contributed by atoms with Crippen molar-refractivity contribution in [3.05, 3.63) is 112 Å². The molecule has 4 heteroatoms. The molecule has 0 aliphatic carbocycles. The average molecular weight is 407 g/mol. The van der Waals surface area contributed by atoms with Crippen molar-refractivity contribution in [2.24, 2.45) is 0 Å². The van der Waals surface area contributed by atoms with Gasteiger partial charge in [-0.3, -0.25) is 9.78 Å². The van der Waals surface area contributed by atoms with E-state index in [1.54, 1.807) is 17.5 Å². The van der Waals surface area contributed by atoms with E-state index in [9.17, 15) is 4.79 Å².